The van der Waals surface area contributed by atoms with Gasteiger partial charge in [-0.25, -0.2) is 16.8 Å². The molecule has 1 saturated heterocycles. The van der Waals surface area contributed by atoms with Gasteiger partial charge in [-0.1, -0.05) is 17.7 Å². The van der Waals surface area contributed by atoms with Crippen molar-refractivity contribution in [1.82, 2.24) is 4.31 Å². The minimum atomic E-state index is -3.67. The first-order valence-electron chi connectivity index (χ1n) is 8.90. The minimum Gasteiger partial charge on any atom is -0.223 e. The van der Waals surface area contributed by atoms with Gasteiger partial charge in [-0.3, -0.25) is 0 Å². The minimum absolute atomic E-state index is 0.0234. The van der Waals surface area contributed by atoms with E-state index in [4.69, 9.17) is 11.6 Å². The summed E-state index contributed by atoms with van der Waals surface area (Å²) in [6.45, 7) is -0.0469. The van der Waals surface area contributed by atoms with E-state index in [1.54, 1.807) is 12.1 Å². The molecule has 0 unspecified atom stereocenters. The maximum absolute atomic E-state index is 12.9. The molecule has 27 heavy (non-hydrogen) atoms. The third-order valence-corrected chi connectivity index (χ3v) is 9.54. The van der Waals surface area contributed by atoms with Gasteiger partial charge >= 0.3 is 0 Å². The number of nitrogens with zero attached hydrogens (tertiary/aromatic N) is 1. The zero-order chi connectivity index (χ0) is 19.2. The fourth-order valence-corrected chi connectivity index (χ4v) is 7.18. The Morgan fingerprint density at radius 1 is 0.815 bits per heavy atom. The Morgan fingerprint density at radius 3 is 2.07 bits per heavy atom. The topological polar surface area (TPSA) is 71.5 Å². The second-order valence-electron chi connectivity index (χ2n) is 7.08. The van der Waals surface area contributed by atoms with Crippen LogP contribution in [0.5, 0.6) is 0 Å². The molecule has 2 aliphatic rings. The van der Waals surface area contributed by atoms with Gasteiger partial charge in [0.25, 0.3) is 0 Å². The number of rotatable bonds is 4. The van der Waals surface area contributed by atoms with Gasteiger partial charge in [0.1, 0.15) is 0 Å². The molecule has 2 aromatic carbocycles. The predicted molar refractivity (Wildman–Crippen MR) is 104 cm³/mol. The average Bonchev–Trinajstić information content (AvgIpc) is 2.60. The predicted octanol–water partition coefficient (Wildman–Crippen LogP) is 3.07. The lowest BCUT2D eigenvalue weighted by Gasteiger charge is -2.37. The molecular weight excluding hydrogens is 406 g/mol. The van der Waals surface area contributed by atoms with Crippen molar-refractivity contribution in [2.75, 3.05) is 13.1 Å². The van der Waals surface area contributed by atoms with Crippen molar-refractivity contribution in [3.63, 3.8) is 0 Å². The van der Waals surface area contributed by atoms with Crippen molar-refractivity contribution in [1.29, 1.82) is 0 Å². The summed E-state index contributed by atoms with van der Waals surface area (Å²) in [6.07, 6.45) is 4.09. The first-order chi connectivity index (χ1) is 12.8. The van der Waals surface area contributed by atoms with Gasteiger partial charge in [0.05, 0.1) is 15.0 Å². The molecule has 5 nitrogen and oxygen atoms in total. The molecule has 144 valence electrons. The monoisotopic (exact) mass is 425 g/mol. The molecule has 1 aliphatic carbocycles. The molecular formula is C19H20ClNO4S2. The second-order valence-corrected chi connectivity index (χ2v) is 11.7. The molecule has 1 aliphatic heterocycles. The number of benzene rings is 2. The SMILES string of the molecule is O=S(=O)(c1ccc(Cl)cc1)C1CN(S(=O)(=O)c2ccc3c(c2)CCCC3)C1. The first-order valence-corrected chi connectivity index (χ1v) is 12.3. The van der Waals surface area contributed by atoms with E-state index in [1.807, 2.05) is 6.07 Å². The van der Waals surface area contributed by atoms with Crippen LogP contribution in [0.3, 0.4) is 0 Å². The summed E-state index contributed by atoms with van der Waals surface area (Å²) in [5, 5.41) is -0.273. The highest BCUT2D eigenvalue weighted by molar-refractivity contribution is 7.92. The van der Waals surface area contributed by atoms with Crippen molar-refractivity contribution in [3.8, 4) is 0 Å². The maximum Gasteiger partial charge on any atom is 0.243 e. The summed E-state index contributed by atoms with van der Waals surface area (Å²) in [4.78, 5) is 0.424. The van der Waals surface area contributed by atoms with E-state index in [1.165, 1.54) is 34.1 Å². The standard InChI is InChI=1S/C19H20ClNO4S2/c20-16-6-9-17(10-7-16)26(22,23)19-12-21(13-19)27(24,25)18-8-5-14-3-1-2-4-15(14)11-18/h5-11,19H,1-4,12-13H2. The van der Waals surface area contributed by atoms with Crippen molar-refractivity contribution in [2.45, 2.75) is 40.7 Å². The summed E-state index contributed by atoms with van der Waals surface area (Å²) >= 11 is 5.81. The fourth-order valence-electron chi connectivity index (χ4n) is 3.63. The molecule has 0 bridgehead atoms. The lowest BCUT2D eigenvalue weighted by molar-refractivity contribution is 0.309. The van der Waals surface area contributed by atoms with E-state index in [-0.39, 0.29) is 22.9 Å². The molecule has 0 radical (unpaired) electrons. The van der Waals surface area contributed by atoms with E-state index in [9.17, 15) is 16.8 Å². The Balaban J connectivity index is 1.52. The average molecular weight is 426 g/mol. The Kier molecular flexibility index (Phi) is 4.83. The first kappa shape index (κ1) is 18.9. The van der Waals surface area contributed by atoms with Crippen LogP contribution in [0.2, 0.25) is 5.02 Å². The number of aryl methyl sites for hydroxylation is 2. The third-order valence-electron chi connectivity index (χ3n) is 5.35. The molecule has 0 atom stereocenters. The number of halogens is 1. The molecule has 0 amide bonds. The summed E-state index contributed by atoms with van der Waals surface area (Å²) in [5.41, 5.74) is 2.31. The smallest absolute Gasteiger partial charge is 0.223 e. The number of sulfone groups is 1. The number of hydrogen-bond donors (Lipinski definition) is 0. The molecule has 8 heteroatoms. The number of hydrogen-bond acceptors (Lipinski definition) is 4. The summed E-state index contributed by atoms with van der Waals surface area (Å²) in [6, 6.07) is 11.2. The van der Waals surface area contributed by atoms with Crippen molar-refractivity contribution in [3.05, 3.63) is 58.6 Å². The van der Waals surface area contributed by atoms with Crippen LogP contribution in [-0.4, -0.2) is 39.5 Å². The van der Waals surface area contributed by atoms with E-state index in [0.717, 1.165) is 31.2 Å². The summed E-state index contributed by atoms with van der Waals surface area (Å²) in [5.74, 6) is 0. The van der Waals surface area contributed by atoms with Gasteiger partial charge in [0.2, 0.25) is 10.0 Å². The molecule has 1 fully saturated rings. The van der Waals surface area contributed by atoms with Crippen LogP contribution >= 0.6 is 11.6 Å². The Labute approximate surface area is 164 Å². The van der Waals surface area contributed by atoms with Crippen molar-refractivity contribution < 1.29 is 16.8 Å². The fraction of sp³-hybridized carbons (Fsp3) is 0.368. The lowest BCUT2D eigenvalue weighted by Crippen LogP contribution is -2.56. The molecule has 2 aromatic rings. The number of fused-ring (bicyclic) bond motifs is 1. The Morgan fingerprint density at radius 2 is 1.41 bits per heavy atom. The van der Waals surface area contributed by atoms with E-state index in [2.05, 4.69) is 0 Å². The molecule has 0 spiro atoms. The van der Waals surface area contributed by atoms with Crippen LogP contribution in [0.1, 0.15) is 24.0 Å². The zero-order valence-corrected chi connectivity index (χ0v) is 17.0. The van der Waals surface area contributed by atoms with Crippen LogP contribution < -0.4 is 0 Å². The highest BCUT2D eigenvalue weighted by Crippen LogP contribution is 2.31. The third kappa shape index (κ3) is 3.42. The molecule has 1 heterocycles. The molecule has 0 N–H and O–H groups in total. The van der Waals surface area contributed by atoms with Crippen molar-refractivity contribution >= 4 is 31.5 Å². The van der Waals surface area contributed by atoms with Crippen molar-refractivity contribution in [2.24, 2.45) is 0 Å². The van der Waals surface area contributed by atoms with Crippen LogP contribution in [0.4, 0.5) is 0 Å². The van der Waals surface area contributed by atoms with Crippen LogP contribution in [0.15, 0.2) is 52.3 Å². The molecule has 0 aromatic heterocycles. The van der Waals surface area contributed by atoms with E-state index >= 15 is 0 Å². The van der Waals surface area contributed by atoms with Crippen LogP contribution in [-0.2, 0) is 32.7 Å². The van der Waals surface area contributed by atoms with E-state index < -0.39 is 25.1 Å². The van der Waals surface area contributed by atoms with Crippen LogP contribution in [0, 0.1) is 0 Å². The van der Waals surface area contributed by atoms with Gasteiger partial charge in [-0.05, 0) is 73.2 Å². The number of sulfonamides is 1. The summed E-state index contributed by atoms with van der Waals surface area (Å²) in [7, 11) is -7.24. The Hall–Kier alpha value is -1.41. The maximum atomic E-state index is 12.9. The lowest BCUT2D eigenvalue weighted by atomic mass is 9.92. The summed E-state index contributed by atoms with van der Waals surface area (Å²) < 4.78 is 52.3. The molecule has 4 rings (SSSR count). The van der Waals surface area contributed by atoms with Gasteiger partial charge in [0.15, 0.2) is 9.84 Å². The van der Waals surface area contributed by atoms with Crippen LogP contribution in [0.25, 0.3) is 0 Å². The second kappa shape index (κ2) is 6.88. The van der Waals surface area contributed by atoms with Gasteiger partial charge in [-0.15, -0.1) is 0 Å². The largest absolute Gasteiger partial charge is 0.243 e. The zero-order valence-electron chi connectivity index (χ0n) is 14.6. The van der Waals surface area contributed by atoms with Gasteiger partial charge in [0, 0.05) is 18.1 Å². The molecule has 0 saturated carbocycles. The van der Waals surface area contributed by atoms with E-state index in [0.29, 0.717) is 5.02 Å². The Bertz CT molecular complexity index is 1070. The highest BCUT2D eigenvalue weighted by Gasteiger charge is 2.44. The van der Waals surface area contributed by atoms with Gasteiger partial charge < -0.3 is 0 Å². The highest BCUT2D eigenvalue weighted by atomic mass is 35.5. The normalized spacial score (nSPS) is 18.7. The van der Waals surface area contributed by atoms with Gasteiger partial charge in [-0.2, -0.15) is 4.31 Å². The quantitative estimate of drug-likeness (QED) is 0.754.